The number of benzene rings is 1. The van der Waals surface area contributed by atoms with E-state index in [0.29, 0.717) is 44.3 Å². The van der Waals surface area contributed by atoms with E-state index in [4.69, 9.17) is 4.74 Å². The fraction of sp³-hybridized carbons (Fsp3) is 0.429. The highest BCUT2D eigenvalue weighted by Gasteiger charge is 2.22. The summed E-state index contributed by atoms with van der Waals surface area (Å²) < 4.78 is 5.59. The zero-order valence-electron chi connectivity index (χ0n) is 16.7. The van der Waals surface area contributed by atoms with Gasteiger partial charge in [0.1, 0.15) is 5.75 Å². The smallest absolute Gasteiger partial charge is 0.251 e. The molecule has 0 spiro atoms. The highest BCUT2D eigenvalue weighted by atomic mass is 16.5. The van der Waals surface area contributed by atoms with Crippen molar-refractivity contribution in [1.29, 1.82) is 0 Å². The van der Waals surface area contributed by atoms with E-state index in [1.54, 1.807) is 47.6 Å². The number of rotatable bonds is 8. The number of hydrogen-bond acceptors (Lipinski definition) is 6. The van der Waals surface area contributed by atoms with Crippen LogP contribution < -0.4 is 15.0 Å². The number of nitrogens with zero attached hydrogens (tertiary/aromatic N) is 4. The molecule has 154 valence electrons. The van der Waals surface area contributed by atoms with Crippen LogP contribution in [0.3, 0.4) is 0 Å². The van der Waals surface area contributed by atoms with Crippen LogP contribution in [0.2, 0.25) is 0 Å². The first-order valence-electron chi connectivity index (χ1n) is 9.98. The van der Waals surface area contributed by atoms with Gasteiger partial charge in [0.05, 0.1) is 13.2 Å². The van der Waals surface area contributed by atoms with Gasteiger partial charge in [-0.1, -0.05) is 13.3 Å². The maximum absolute atomic E-state index is 12.4. The van der Waals surface area contributed by atoms with Gasteiger partial charge in [0, 0.05) is 44.1 Å². The number of anilines is 1. The van der Waals surface area contributed by atoms with E-state index in [9.17, 15) is 9.59 Å². The van der Waals surface area contributed by atoms with Gasteiger partial charge in [0.25, 0.3) is 5.91 Å². The lowest BCUT2D eigenvalue weighted by atomic mass is 10.2. The molecule has 1 aromatic heterocycles. The summed E-state index contributed by atoms with van der Waals surface area (Å²) in [6.45, 7) is 5.26. The van der Waals surface area contributed by atoms with Crippen LogP contribution in [0.15, 0.2) is 42.7 Å². The van der Waals surface area contributed by atoms with Gasteiger partial charge in [-0.15, -0.1) is 0 Å². The number of nitrogens with one attached hydrogen (secondary N) is 1. The van der Waals surface area contributed by atoms with Crippen LogP contribution in [-0.2, 0) is 4.79 Å². The van der Waals surface area contributed by atoms with Gasteiger partial charge in [-0.3, -0.25) is 9.59 Å². The first kappa shape index (κ1) is 20.6. The van der Waals surface area contributed by atoms with Crippen molar-refractivity contribution in [2.24, 2.45) is 0 Å². The Morgan fingerprint density at radius 2 is 1.76 bits per heavy atom. The van der Waals surface area contributed by atoms with E-state index in [1.165, 1.54) is 0 Å². The zero-order chi connectivity index (χ0) is 20.5. The van der Waals surface area contributed by atoms with Crippen LogP contribution in [0.25, 0.3) is 0 Å². The van der Waals surface area contributed by atoms with E-state index in [-0.39, 0.29) is 18.4 Å². The molecule has 2 heterocycles. The van der Waals surface area contributed by atoms with Gasteiger partial charge in [0.15, 0.2) is 0 Å². The number of unbranched alkanes of at least 4 members (excludes halogenated alkanes) is 1. The number of piperazine rings is 1. The Kier molecular flexibility index (Phi) is 7.38. The van der Waals surface area contributed by atoms with E-state index in [0.717, 1.165) is 18.6 Å². The number of aromatic nitrogens is 2. The van der Waals surface area contributed by atoms with Crippen molar-refractivity contribution in [3.05, 3.63) is 48.3 Å². The molecule has 1 saturated heterocycles. The maximum atomic E-state index is 12.4. The molecule has 2 aromatic rings. The standard InChI is InChI=1S/C21H27N5O3/c1-2-3-15-29-18-7-5-17(6-8-18)20(28)24-16-19(27)25-11-13-26(14-12-25)21-22-9-4-10-23-21/h4-10H,2-3,11-16H2,1H3,(H,24,28). The Hall–Kier alpha value is -3.16. The van der Waals surface area contributed by atoms with Crippen molar-refractivity contribution in [1.82, 2.24) is 20.2 Å². The van der Waals surface area contributed by atoms with Crippen molar-refractivity contribution in [3.63, 3.8) is 0 Å². The summed E-state index contributed by atoms with van der Waals surface area (Å²) in [5, 5.41) is 2.70. The molecule has 1 aliphatic rings. The van der Waals surface area contributed by atoms with Gasteiger partial charge in [-0.05, 0) is 36.8 Å². The first-order chi connectivity index (χ1) is 14.2. The summed E-state index contributed by atoms with van der Waals surface area (Å²) in [6, 6.07) is 8.74. The van der Waals surface area contributed by atoms with Crippen LogP contribution in [0.4, 0.5) is 5.95 Å². The second-order valence-electron chi connectivity index (χ2n) is 6.83. The topological polar surface area (TPSA) is 87.7 Å². The summed E-state index contributed by atoms with van der Waals surface area (Å²) in [5.41, 5.74) is 0.506. The Bertz CT molecular complexity index is 790. The van der Waals surface area contributed by atoms with Crippen LogP contribution in [-0.4, -0.2) is 66.0 Å². The third-order valence-corrected chi connectivity index (χ3v) is 4.75. The van der Waals surface area contributed by atoms with Crippen molar-refractivity contribution in [2.45, 2.75) is 19.8 Å². The third-order valence-electron chi connectivity index (χ3n) is 4.75. The lowest BCUT2D eigenvalue weighted by molar-refractivity contribution is -0.130. The Morgan fingerprint density at radius 1 is 1.07 bits per heavy atom. The molecule has 1 aromatic carbocycles. The number of amides is 2. The average Bonchev–Trinajstić information content (AvgIpc) is 2.78. The number of hydrogen-bond donors (Lipinski definition) is 1. The lowest BCUT2D eigenvalue weighted by Crippen LogP contribution is -2.51. The molecule has 8 heteroatoms. The molecule has 8 nitrogen and oxygen atoms in total. The van der Waals surface area contributed by atoms with Gasteiger partial charge in [0.2, 0.25) is 11.9 Å². The van der Waals surface area contributed by atoms with Crippen LogP contribution in [0.1, 0.15) is 30.1 Å². The first-order valence-corrected chi connectivity index (χ1v) is 9.98. The van der Waals surface area contributed by atoms with Gasteiger partial charge < -0.3 is 19.9 Å². The molecular weight excluding hydrogens is 370 g/mol. The molecule has 1 aliphatic heterocycles. The second-order valence-corrected chi connectivity index (χ2v) is 6.83. The Labute approximate surface area is 170 Å². The van der Waals surface area contributed by atoms with Crippen molar-refractivity contribution in [2.75, 3.05) is 44.2 Å². The Morgan fingerprint density at radius 3 is 2.41 bits per heavy atom. The Balaban J connectivity index is 1.41. The predicted octanol–water partition coefficient (Wildman–Crippen LogP) is 1.73. The van der Waals surface area contributed by atoms with E-state index in [1.807, 2.05) is 4.90 Å². The summed E-state index contributed by atoms with van der Waals surface area (Å²) in [7, 11) is 0. The average molecular weight is 397 g/mol. The molecule has 2 amide bonds. The van der Waals surface area contributed by atoms with Crippen molar-refractivity contribution < 1.29 is 14.3 Å². The number of ether oxygens (including phenoxy) is 1. The van der Waals surface area contributed by atoms with E-state index < -0.39 is 0 Å². The molecule has 0 radical (unpaired) electrons. The van der Waals surface area contributed by atoms with Crippen LogP contribution >= 0.6 is 0 Å². The van der Waals surface area contributed by atoms with Crippen molar-refractivity contribution >= 4 is 17.8 Å². The van der Waals surface area contributed by atoms with Crippen LogP contribution in [0, 0.1) is 0 Å². The molecule has 0 unspecified atom stereocenters. The minimum Gasteiger partial charge on any atom is -0.494 e. The summed E-state index contributed by atoms with van der Waals surface area (Å²) in [4.78, 5) is 37.0. The second kappa shape index (κ2) is 10.4. The minimum atomic E-state index is -0.269. The van der Waals surface area contributed by atoms with E-state index >= 15 is 0 Å². The molecule has 0 aliphatic carbocycles. The maximum Gasteiger partial charge on any atom is 0.251 e. The van der Waals surface area contributed by atoms with E-state index in [2.05, 4.69) is 22.2 Å². The third kappa shape index (κ3) is 5.91. The molecule has 1 fully saturated rings. The molecule has 29 heavy (non-hydrogen) atoms. The molecule has 3 rings (SSSR count). The number of carbonyl (C=O) groups is 2. The summed E-state index contributed by atoms with van der Waals surface area (Å²) >= 11 is 0. The summed E-state index contributed by atoms with van der Waals surface area (Å²) in [5.74, 6) is 1.06. The molecule has 1 N–H and O–H groups in total. The monoisotopic (exact) mass is 397 g/mol. The molecular formula is C21H27N5O3. The van der Waals surface area contributed by atoms with Crippen LogP contribution in [0.5, 0.6) is 5.75 Å². The molecule has 0 atom stereocenters. The molecule has 0 saturated carbocycles. The fourth-order valence-corrected chi connectivity index (χ4v) is 3.02. The normalized spacial score (nSPS) is 13.8. The molecule has 0 bridgehead atoms. The fourth-order valence-electron chi connectivity index (χ4n) is 3.02. The van der Waals surface area contributed by atoms with Gasteiger partial charge in [-0.2, -0.15) is 0 Å². The quantitative estimate of drug-likeness (QED) is 0.683. The predicted molar refractivity (Wildman–Crippen MR) is 110 cm³/mol. The minimum absolute atomic E-state index is 0.0184. The van der Waals surface area contributed by atoms with Gasteiger partial charge in [-0.25, -0.2) is 9.97 Å². The SMILES string of the molecule is CCCCOc1ccc(C(=O)NCC(=O)N2CCN(c3ncccn3)CC2)cc1. The lowest BCUT2D eigenvalue weighted by Gasteiger charge is -2.34. The largest absolute Gasteiger partial charge is 0.494 e. The van der Waals surface area contributed by atoms with Gasteiger partial charge >= 0.3 is 0 Å². The highest BCUT2D eigenvalue weighted by Crippen LogP contribution is 2.13. The van der Waals surface area contributed by atoms with Crippen molar-refractivity contribution in [3.8, 4) is 5.75 Å². The zero-order valence-corrected chi connectivity index (χ0v) is 16.7. The summed E-state index contributed by atoms with van der Waals surface area (Å²) in [6.07, 6.45) is 5.49. The highest BCUT2D eigenvalue weighted by molar-refractivity contribution is 5.96. The number of carbonyl (C=O) groups excluding carboxylic acids is 2.